The average Bonchev–Trinajstić information content (AvgIpc) is 2.45. The second-order valence-corrected chi connectivity index (χ2v) is 7.37. The smallest absolute Gasteiger partial charge is 0.127 e. The third-order valence-electron chi connectivity index (χ3n) is 2.37. The number of hydrogen-bond acceptors (Lipinski definition) is 3. The largest absolute Gasteiger partial charge is 0.372 e. The van der Waals surface area contributed by atoms with E-state index in [1.54, 1.807) is 0 Å². The van der Waals surface area contributed by atoms with Gasteiger partial charge in [0.2, 0.25) is 0 Å². The second-order valence-electron chi connectivity index (χ2n) is 6.18. The van der Waals surface area contributed by atoms with Crippen LogP contribution in [-0.4, -0.2) is 29.5 Å². The first-order valence-electron chi connectivity index (χ1n) is 5.59. The van der Waals surface area contributed by atoms with Crippen molar-refractivity contribution in [3.05, 3.63) is 0 Å². The first kappa shape index (κ1) is 13.3. The van der Waals surface area contributed by atoms with E-state index in [0.29, 0.717) is 12.7 Å². The van der Waals surface area contributed by atoms with E-state index in [4.69, 9.17) is 9.47 Å². The topological polar surface area (TPSA) is 18.5 Å². The van der Waals surface area contributed by atoms with E-state index in [1.165, 1.54) is 0 Å². The maximum atomic E-state index is 5.96. The normalized spacial score (nSPS) is 28.4. The summed E-state index contributed by atoms with van der Waals surface area (Å²) in [5.41, 5.74) is 0.390. The predicted molar refractivity (Wildman–Crippen MR) is 66.3 cm³/mol. The highest BCUT2D eigenvalue weighted by atomic mass is 32.2. The molecule has 1 fully saturated rings. The Morgan fingerprint density at radius 3 is 2.20 bits per heavy atom. The van der Waals surface area contributed by atoms with E-state index in [1.807, 2.05) is 11.8 Å². The molecular weight excluding hydrogens is 208 g/mol. The first-order chi connectivity index (χ1) is 6.68. The fraction of sp³-hybridized carbons (Fsp3) is 1.00. The number of ether oxygens (including phenoxy) is 2. The molecule has 1 heterocycles. The van der Waals surface area contributed by atoms with Gasteiger partial charge in [0.1, 0.15) is 5.44 Å². The van der Waals surface area contributed by atoms with Crippen LogP contribution in [0.25, 0.3) is 0 Å². The third-order valence-corrected chi connectivity index (χ3v) is 3.48. The van der Waals surface area contributed by atoms with Crippen molar-refractivity contribution in [2.45, 2.75) is 58.7 Å². The molecule has 1 aliphatic rings. The zero-order valence-electron chi connectivity index (χ0n) is 10.8. The minimum atomic E-state index is -0.0657. The predicted octanol–water partition coefficient (Wildman–Crippen LogP) is 3.31. The number of rotatable bonds is 2. The highest BCUT2D eigenvalue weighted by Gasteiger charge is 2.34. The van der Waals surface area contributed by atoms with Crippen LogP contribution in [0.1, 0.15) is 41.5 Å². The molecule has 0 bridgehead atoms. The van der Waals surface area contributed by atoms with E-state index >= 15 is 0 Å². The molecule has 0 aromatic heterocycles. The quantitative estimate of drug-likeness (QED) is 0.728. The lowest BCUT2D eigenvalue weighted by atomic mass is 9.90. The van der Waals surface area contributed by atoms with E-state index in [-0.39, 0.29) is 16.5 Å². The Balaban J connectivity index is 2.31. The molecule has 15 heavy (non-hydrogen) atoms. The van der Waals surface area contributed by atoms with Crippen LogP contribution < -0.4 is 0 Å². The van der Waals surface area contributed by atoms with Crippen LogP contribution in [0.3, 0.4) is 0 Å². The second kappa shape index (κ2) is 4.64. The molecule has 1 saturated heterocycles. The average molecular weight is 232 g/mol. The van der Waals surface area contributed by atoms with E-state index in [9.17, 15) is 0 Å². The molecule has 1 aliphatic heterocycles. The van der Waals surface area contributed by atoms with Gasteiger partial charge in [0.25, 0.3) is 0 Å². The van der Waals surface area contributed by atoms with Crippen LogP contribution in [0, 0.1) is 5.41 Å². The Labute approximate surface area is 98.1 Å². The van der Waals surface area contributed by atoms with Gasteiger partial charge in [0.05, 0.1) is 18.3 Å². The fourth-order valence-electron chi connectivity index (χ4n) is 1.32. The molecule has 0 spiro atoms. The molecule has 0 saturated carbocycles. The van der Waals surface area contributed by atoms with Crippen molar-refractivity contribution in [1.82, 2.24) is 0 Å². The highest BCUT2D eigenvalue weighted by Crippen LogP contribution is 2.35. The molecule has 0 aromatic rings. The van der Waals surface area contributed by atoms with Crippen LogP contribution in [-0.2, 0) is 9.47 Å². The molecule has 2 atom stereocenters. The summed E-state index contributed by atoms with van der Waals surface area (Å²) in [4.78, 5) is 0. The van der Waals surface area contributed by atoms with Gasteiger partial charge in [-0.2, -0.15) is 0 Å². The number of hydrogen-bond donors (Lipinski definition) is 0. The summed E-state index contributed by atoms with van der Waals surface area (Å²) in [6, 6.07) is 0. The highest BCUT2D eigenvalue weighted by molar-refractivity contribution is 8.00. The summed E-state index contributed by atoms with van der Waals surface area (Å²) >= 11 is 1.87. The standard InChI is InChI=1S/C12H24O2S/c1-11(2,3)9-8-15-10(14-9)7-13-12(4,5)6/h9-10H,7-8H2,1-6H3. The van der Waals surface area contributed by atoms with Gasteiger partial charge in [0.15, 0.2) is 0 Å². The van der Waals surface area contributed by atoms with Gasteiger partial charge < -0.3 is 9.47 Å². The Morgan fingerprint density at radius 1 is 1.20 bits per heavy atom. The maximum absolute atomic E-state index is 5.96. The summed E-state index contributed by atoms with van der Waals surface area (Å²) < 4.78 is 11.7. The Bertz CT molecular complexity index is 203. The van der Waals surface area contributed by atoms with Crippen molar-refractivity contribution >= 4 is 11.8 Å². The van der Waals surface area contributed by atoms with Gasteiger partial charge in [-0.05, 0) is 26.2 Å². The molecule has 2 nitrogen and oxygen atoms in total. The van der Waals surface area contributed by atoms with Crippen LogP contribution >= 0.6 is 11.8 Å². The van der Waals surface area contributed by atoms with Gasteiger partial charge in [-0.25, -0.2) is 0 Å². The Kier molecular flexibility index (Phi) is 4.13. The van der Waals surface area contributed by atoms with Gasteiger partial charge in [-0.3, -0.25) is 0 Å². The summed E-state index contributed by atoms with van der Waals surface area (Å²) in [6.45, 7) is 13.6. The minimum absolute atomic E-state index is 0.0657. The molecule has 90 valence electrons. The van der Waals surface area contributed by atoms with Gasteiger partial charge in [0, 0.05) is 5.75 Å². The van der Waals surface area contributed by atoms with E-state index in [0.717, 1.165) is 5.75 Å². The van der Waals surface area contributed by atoms with Gasteiger partial charge >= 0.3 is 0 Å². The van der Waals surface area contributed by atoms with Crippen LogP contribution in [0.2, 0.25) is 0 Å². The summed E-state index contributed by atoms with van der Waals surface area (Å²) in [7, 11) is 0. The Morgan fingerprint density at radius 2 is 1.80 bits per heavy atom. The lowest BCUT2D eigenvalue weighted by molar-refractivity contribution is -0.0721. The van der Waals surface area contributed by atoms with Crippen LogP contribution in [0.4, 0.5) is 0 Å². The van der Waals surface area contributed by atoms with Crippen molar-refractivity contribution in [1.29, 1.82) is 0 Å². The van der Waals surface area contributed by atoms with Crippen LogP contribution in [0.5, 0.6) is 0 Å². The lowest BCUT2D eigenvalue weighted by Crippen LogP contribution is -2.30. The molecule has 0 aliphatic carbocycles. The first-order valence-corrected chi connectivity index (χ1v) is 6.64. The minimum Gasteiger partial charge on any atom is -0.372 e. The molecule has 2 unspecified atom stereocenters. The fourth-order valence-corrected chi connectivity index (χ4v) is 2.66. The maximum Gasteiger partial charge on any atom is 0.127 e. The van der Waals surface area contributed by atoms with Crippen molar-refractivity contribution in [3.63, 3.8) is 0 Å². The molecular formula is C12H24O2S. The molecule has 3 heteroatoms. The van der Waals surface area contributed by atoms with Crippen molar-refractivity contribution in [2.75, 3.05) is 12.4 Å². The summed E-state index contributed by atoms with van der Waals surface area (Å²) in [5, 5.41) is 0. The molecule has 0 N–H and O–H groups in total. The summed E-state index contributed by atoms with van der Waals surface area (Å²) in [6.07, 6.45) is 0.357. The van der Waals surface area contributed by atoms with E-state index in [2.05, 4.69) is 41.5 Å². The lowest BCUT2D eigenvalue weighted by Gasteiger charge is -2.27. The van der Waals surface area contributed by atoms with Crippen molar-refractivity contribution in [3.8, 4) is 0 Å². The molecule has 1 rings (SSSR count). The van der Waals surface area contributed by atoms with Gasteiger partial charge in [-0.15, -0.1) is 11.8 Å². The van der Waals surface area contributed by atoms with Gasteiger partial charge in [-0.1, -0.05) is 20.8 Å². The zero-order chi connectivity index (χ0) is 11.7. The zero-order valence-corrected chi connectivity index (χ0v) is 11.6. The third kappa shape index (κ3) is 4.75. The number of thioether (sulfide) groups is 1. The van der Waals surface area contributed by atoms with E-state index < -0.39 is 0 Å². The Hall–Kier alpha value is 0.270. The molecule has 0 amide bonds. The summed E-state index contributed by atoms with van der Waals surface area (Å²) in [5.74, 6) is 1.08. The molecule has 0 aromatic carbocycles. The molecule has 0 radical (unpaired) electrons. The van der Waals surface area contributed by atoms with Crippen molar-refractivity contribution < 1.29 is 9.47 Å². The monoisotopic (exact) mass is 232 g/mol. The van der Waals surface area contributed by atoms with Crippen molar-refractivity contribution in [2.24, 2.45) is 5.41 Å². The SMILES string of the molecule is CC(C)(C)OCC1OC(C(C)(C)C)CS1. The van der Waals surface area contributed by atoms with Crippen LogP contribution in [0.15, 0.2) is 0 Å².